The normalized spacial score (nSPS) is 16.1. The third-order valence-electron chi connectivity index (χ3n) is 9.69. The number of nitrogens with one attached hydrogen (secondary N) is 3. The largest absolute Gasteiger partial charge is 0.387 e. The lowest BCUT2D eigenvalue weighted by atomic mass is 9.77. The summed E-state index contributed by atoms with van der Waals surface area (Å²) in [5.41, 5.74) is 1.36. The van der Waals surface area contributed by atoms with E-state index in [1.54, 1.807) is 23.9 Å². The molecule has 4 N–H and O–H groups in total. The second-order valence-electron chi connectivity index (χ2n) is 13.1. The summed E-state index contributed by atoms with van der Waals surface area (Å²) in [6.07, 6.45) is 9.50. The van der Waals surface area contributed by atoms with Gasteiger partial charge in [-0.05, 0) is 98.9 Å². The summed E-state index contributed by atoms with van der Waals surface area (Å²) in [6, 6.07) is 19.9. The Morgan fingerprint density at radius 3 is 2.32 bits per heavy atom. The van der Waals surface area contributed by atoms with Crippen LogP contribution in [0.5, 0.6) is 0 Å². The van der Waals surface area contributed by atoms with Crippen molar-refractivity contribution in [3.05, 3.63) is 88.5 Å². The van der Waals surface area contributed by atoms with Gasteiger partial charge in [0, 0.05) is 53.6 Å². The van der Waals surface area contributed by atoms with Crippen LogP contribution in [-0.4, -0.2) is 68.3 Å². The van der Waals surface area contributed by atoms with Gasteiger partial charge in [-0.1, -0.05) is 31.0 Å². The van der Waals surface area contributed by atoms with E-state index in [0.29, 0.717) is 37.0 Å². The van der Waals surface area contributed by atoms with Crippen LogP contribution in [0.1, 0.15) is 68.1 Å². The van der Waals surface area contributed by atoms with Crippen LogP contribution in [0, 0.1) is 15.5 Å². The summed E-state index contributed by atoms with van der Waals surface area (Å²) in [5, 5.41) is 26.9. The van der Waals surface area contributed by atoms with Crippen LogP contribution in [0.2, 0.25) is 0 Å². The zero-order chi connectivity index (χ0) is 35.6. The highest BCUT2D eigenvalue weighted by Crippen LogP contribution is 2.46. The monoisotopic (exact) mass is 723 g/mol. The van der Waals surface area contributed by atoms with Crippen LogP contribution in [0.25, 0.3) is 0 Å². The molecule has 12 nitrogen and oxygen atoms in total. The van der Waals surface area contributed by atoms with Crippen LogP contribution >= 0.6 is 11.8 Å². The molecule has 1 heterocycles. The molecule has 50 heavy (non-hydrogen) atoms. The highest BCUT2D eigenvalue weighted by atomic mass is 32.2. The van der Waals surface area contributed by atoms with E-state index in [4.69, 9.17) is 5.11 Å². The molecule has 1 saturated heterocycles. The molecule has 1 aliphatic heterocycles. The number of anilines is 2. The Kier molecular flexibility index (Phi) is 12.8. The van der Waals surface area contributed by atoms with Crippen LogP contribution in [0.3, 0.4) is 0 Å². The van der Waals surface area contributed by atoms with Gasteiger partial charge in [-0.25, -0.2) is 13.1 Å². The third-order valence-corrected chi connectivity index (χ3v) is 12.2. The van der Waals surface area contributed by atoms with Crippen LogP contribution in [0.15, 0.2) is 82.6 Å². The lowest BCUT2D eigenvalue weighted by Crippen LogP contribution is -2.38. The number of hydrogen-bond acceptors (Lipinski definition) is 10. The SMILES string of the molecule is O=C(CO)NCCCCC(CSc1ccccc1)Nc1ccc(S(=O)(=O)NC(=O)c2ccc(N3CCC4(CCCC4)CC3)cc2)cc1[N+](=O)[O-]. The predicted molar refractivity (Wildman–Crippen MR) is 195 cm³/mol. The molecule has 3 aromatic carbocycles. The molecule has 14 heteroatoms. The van der Waals surface area contributed by atoms with Crippen molar-refractivity contribution in [1.82, 2.24) is 10.0 Å². The van der Waals surface area contributed by atoms with Crippen molar-refractivity contribution >= 4 is 50.7 Å². The Morgan fingerprint density at radius 2 is 1.66 bits per heavy atom. The number of unbranched alkanes of at least 4 members (excludes halogenated alkanes) is 1. The predicted octanol–water partition coefficient (Wildman–Crippen LogP) is 5.73. The zero-order valence-electron chi connectivity index (χ0n) is 28.0. The smallest absolute Gasteiger partial charge is 0.293 e. The van der Waals surface area contributed by atoms with E-state index < -0.39 is 44.0 Å². The first kappa shape index (κ1) is 37.1. The van der Waals surface area contributed by atoms with Crippen LogP contribution in [0.4, 0.5) is 17.1 Å². The van der Waals surface area contributed by atoms with E-state index in [-0.39, 0.29) is 17.3 Å². The molecule has 2 fully saturated rings. The second-order valence-corrected chi connectivity index (χ2v) is 15.9. The van der Waals surface area contributed by atoms with Crippen molar-refractivity contribution in [3.8, 4) is 0 Å². The Bertz CT molecular complexity index is 1720. The minimum atomic E-state index is -4.43. The number of aliphatic hydroxyl groups is 1. The Labute approximate surface area is 297 Å². The molecule has 2 aliphatic rings. The number of rotatable bonds is 16. The molecule has 2 amide bonds. The molecule has 0 bridgehead atoms. The standard InChI is InChI=1S/C36H45N5O7S2/c42-25-34(43)37-21-7-4-8-28(26-49-30-9-2-1-3-10-30)38-32-16-15-31(24-33(32)41(45)46)50(47,48)39-35(44)27-11-13-29(14-12-27)40-22-19-36(20-23-40)17-5-6-18-36/h1-3,9-16,24,28,38,42H,4-8,17-23,25-26H2,(H,37,43)(H,39,44). The molecular weight excluding hydrogens is 679 g/mol. The van der Waals surface area contributed by atoms with E-state index in [2.05, 4.69) is 20.3 Å². The number of nitro benzene ring substituents is 1. The number of aliphatic hydroxyl groups excluding tert-OH is 1. The number of hydrogen-bond donors (Lipinski definition) is 4. The molecule has 1 saturated carbocycles. The van der Waals surface area contributed by atoms with Gasteiger partial charge in [-0.3, -0.25) is 19.7 Å². The Balaban J connectivity index is 1.23. The maximum Gasteiger partial charge on any atom is 0.293 e. The maximum absolute atomic E-state index is 13.3. The van der Waals surface area contributed by atoms with Gasteiger partial charge < -0.3 is 20.6 Å². The van der Waals surface area contributed by atoms with Gasteiger partial charge in [-0.15, -0.1) is 11.8 Å². The molecule has 1 unspecified atom stereocenters. The number of carbonyl (C=O) groups is 2. The van der Waals surface area contributed by atoms with Crippen molar-refractivity contribution in [1.29, 1.82) is 0 Å². The fraction of sp³-hybridized carbons (Fsp3) is 0.444. The maximum atomic E-state index is 13.3. The zero-order valence-corrected chi connectivity index (χ0v) is 29.6. The molecule has 0 aromatic heterocycles. The van der Waals surface area contributed by atoms with Gasteiger partial charge in [0.1, 0.15) is 12.3 Å². The highest BCUT2D eigenvalue weighted by Gasteiger charge is 2.37. The summed E-state index contributed by atoms with van der Waals surface area (Å²) in [5.74, 6) is -0.709. The van der Waals surface area contributed by atoms with Crippen molar-refractivity contribution in [2.45, 2.75) is 73.6 Å². The molecule has 1 atom stereocenters. The first-order valence-electron chi connectivity index (χ1n) is 17.1. The minimum absolute atomic E-state index is 0.152. The number of sulfonamides is 1. The fourth-order valence-electron chi connectivity index (χ4n) is 6.81. The van der Waals surface area contributed by atoms with Crippen molar-refractivity contribution in [3.63, 3.8) is 0 Å². The Morgan fingerprint density at radius 1 is 0.960 bits per heavy atom. The second kappa shape index (κ2) is 17.2. The minimum Gasteiger partial charge on any atom is -0.387 e. The van der Waals surface area contributed by atoms with Crippen LogP contribution in [-0.2, 0) is 14.8 Å². The summed E-state index contributed by atoms with van der Waals surface area (Å²) >= 11 is 1.58. The summed E-state index contributed by atoms with van der Waals surface area (Å²) in [4.78, 5) is 38.8. The number of nitrogens with zero attached hydrogens (tertiary/aromatic N) is 2. The summed E-state index contributed by atoms with van der Waals surface area (Å²) in [7, 11) is -4.43. The van der Waals surface area contributed by atoms with Crippen molar-refractivity contribution in [2.75, 3.05) is 42.2 Å². The number of thioether (sulfide) groups is 1. The molecule has 1 aliphatic carbocycles. The number of amides is 2. The number of benzene rings is 3. The van der Waals surface area contributed by atoms with Gasteiger partial charge in [0.05, 0.1) is 9.82 Å². The van der Waals surface area contributed by atoms with E-state index in [1.165, 1.54) is 37.8 Å². The first-order valence-corrected chi connectivity index (χ1v) is 19.6. The average molecular weight is 724 g/mol. The molecule has 3 aromatic rings. The topological polar surface area (TPSA) is 171 Å². The first-order chi connectivity index (χ1) is 24.1. The van der Waals surface area contributed by atoms with Crippen molar-refractivity contribution in [2.24, 2.45) is 5.41 Å². The lowest BCUT2D eigenvalue weighted by Gasteiger charge is -2.40. The van der Waals surface area contributed by atoms with Crippen LogP contribution < -0.4 is 20.3 Å². The van der Waals surface area contributed by atoms with E-state index >= 15 is 0 Å². The number of nitro groups is 1. The quantitative estimate of drug-likeness (QED) is 0.0620. The number of carbonyl (C=O) groups excluding carboxylic acids is 2. The molecule has 5 rings (SSSR count). The van der Waals surface area contributed by atoms with Gasteiger partial charge in [0.2, 0.25) is 5.91 Å². The van der Waals surface area contributed by atoms with Gasteiger partial charge in [0.25, 0.3) is 21.6 Å². The van der Waals surface area contributed by atoms with Crippen molar-refractivity contribution < 1.29 is 28.0 Å². The summed E-state index contributed by atoms with van der Waals surface area (Å²) in [6.45, 7) is 1.73. The van der Waals surface area contributed by atoms with Gasteiger partial charge in [0.15, 0.2) is 0 Å². The molecule has 268 valence electrons. The Hall–Kier alpha value is -4.14. The van der Waals surface area contributed by atoms with Gasteiger partial charge >= 0.3 is 0 Å². The highest BCUT2D eigenvalue weighted by molar-refractivity contribution is 7.99. The average Bonchev–Trinajstić information content (AvgIpc) is 3.58. The van der Waals surface area contributed by atoms with E-state index in [0.717, 1.165) is 42.6 Å². The van der Waals surface area contributed by atoms with E-state index in [1.807, 2.05) is 42.5 Å². The van der Waals surface area contributed by atoms with E-state index in [9.17, 15) is 28.1 Å². The molecule has 1 spiro atoms. The summed E-state index contributed by atoms with van der Waals surface area (Å²) < 4.78 is 28.6. The fourth-order valence-corrected chi connectivity index (χ4v) is 8.80. The lowest BCUT2D eigenvalue weighted by molar-refractivity contribution is -0.384. The number of piperidine rings is 1. The molecule has 0 radical (unpaired) electrons. The van der Waals surface area contributed by atoms with Gasteiger partial charge in [-0.2, -0.15) is 0 Å². The third kappa shape index (κ3) is 9.98. The molecular formula is C36H45N5O7S2.